The predicted molar refractivity (Wildman–Crippen MR) is 128 cm³/mol. The molecule has 2 N–H and O–H groups in total. The van der Waals surface area contributed by atoms with Crippen LogP contribution in [0.15, 0.2) is 47.6 Å². The lowest BCUT2D eigenvalue weighted by molar-refractivity contribution is -0.117. The molecule has 4 rings (SSSR count). The van der Waals surface area contributed by atoms with E-state index in [1.165, 1.54) is 23.9 Å². The molecule has 1 saturated heterocycles. The number of aryl methyl sites for hydroxylation is 2. The number of benzene rings is 2. The zero-order chi connectivity index (χ0) is 24.1. The fourth-order valence-electron chi connectivity index (χ4n) is 3.64. The highest BCUT2D eigenvalue weighted by Gasteiger charge is 2.22. The van der Waals surface area contributed by atoms with Crippen LogP contribution in [0.5, 0.6) is 0 Å². The van der Waals surface area contributed by atoms with Crippen LogP contribution in [0, 0.1) is 19.7 Å². The van der Waals surface area contributed by atoms with Crippen LogP contribution in [0.1, 0.15) is 24.0 Å². The molecule has 2 aromatic carbocycles. The second-order valence-corrected chi connectivity index (χ2v) is 9.09. The minimum absolute atomic E-state index is 0.0204. The first-order valence-electron chi connectivity index (χ1n) is 11.0. The minimum Gasteiger partial charge on any atom is -0.376 e. The largest absolute Gasteiger partial charge is 0.376 e. The molecule has 1 fully saturated rings. The van der Waals surface area contributed by atoms with Crippen LogP contribution < -0.4 is 10.6 Å². The van der Waals surface area contributed by atoms with Crippen molar-refractivity contribution in [2.24, 2.45) is 0 Å². The third kappa shape index (κ3) is 6.00. The molecular formula is C24H26FN5O3S. The van der Waals surface area contributed by atoms with E-state index in [-0.39, 0.29) is 17.7 Å². The molecule has 0 spiro atoms. The molecule has 0 aliphatic carbocycles. The third-order valence-corrected chi connectivity index (χ3v) is 6.55. The van der Waals surface area contributed by atoms with Gasteiger partial charge in [-0.1, -0.05) is 17.8 Å². The fraction of sp³-hybridized carbons (Fsp3) is 0.333. The average Bonchev–Trinajstić information content (AvgIpc) is 3.46. The maximum atomic E-state index is 13.4. The Bertz CT molecular complexity index is 1180. The highest BCUT2D eigenvalue weighted by molar-refractivity contribution is 7.99. The van der Waals surface area contributed by atoms with Gasteiger partial charge in [0.2, 0.25) is 5.91 Å². The SMILES string of the molecule is Cc1ccc(NC(=O)NC(=O)CSc2nnc(-c3ccc(F)cc3)n2CC2CCCO2)cc1C. The van der Waals surface area contributed by atoms with Crippen LogP contribution >= 0.6 is 11.8 Å². The van der Waals surface area contributed by atoms with E-state index in [0.29, 0.717) is 29.8 Å². The molecule has 1 aromatic heterocycles. The summed E-state index contributed by atoms with van der Waals surface area (Å²) in [6, 6.07) is 11.0. The number of hydrogen-bond donors (Lipinski definition) is 2. The number of nitrogens with zero attached hydrogens (tertiary/aromatic N) is 3. The van der Waals surface area contributed by atoms with Crippen LogP contribution in [0.25, 0.3) is 11.4 Å². The Morgan fingerprint density at radius 3 is 2.65 bits per heavy atom. The standard InChI is InChI=1S/C24H26FN5O3S/c1-15-5-10-19(12-16(15)2)26-23(32)27-21(31)14-34-24-29-28-22(17-6-8-18(25)9-7-17)30(24)13-20-4-3-11-33-20/h5-10,12,20H,3-4,11,13-14H2,1-2H3,(H2,26,27,31,32). The Labute approximate surface area is 201 Å². The summed E-state index contributed by atoms with van der Waals surface area (Å²) in [6.45, 7) is 5.17. The normalized spacial score (nSPS) is 15.3. The van der Waals surface area contributed by atoms with Crippen molar-refractivity contribution in [1.29, 1.82) is 0 Å². The van der Waals surface area contributed by atoms with E-state index in [1.807, 2.05) is 30.5 Å². The first kappa shape index (κ1) is 23.9. The van der Waals surface area contributed by atoms with Gasteiger partial charge in [0.1, 0.15) is 5.82 Å². The van der Waals surface area contributed by atoms with Gasteiger partial charge in [0.25, 0.3) is 0 Å². The number of aromatic nitrogens is 3. The number of urea groups is 1. The molecule has 178 valence electrons. The van der Waals surface area contributed by atoms with Crippen molar-refractivity contribution in [2.75, 3.05) is 17.7 Å². The number of nitrogens with one attached hydrogen (secondary N) is 2. The van der Waals surface area contributed by atoms with Crippen LogP contribution in [-0.2, 0) is 16.1 Å². The molecule has 3 aromatic rings. The van der Waals surface area contributed by atoms with Crippen molar-refractivity contribution in [1.82, 2.24) is 20.1 Å². The van der Waals surface area contributed by atoms with E-state index in [1.54, 1.807) is 18.2 Å². The van der Waals surface area contributed by atoms with E-state index in [0.717, 1.165) is 29.5 Å². The molecule has 1 atom stereocenters. The van der Waals surface area contributed by atoms with Gasteiger partial charge in [-0.15, -0.1) is 10.2 Å². The number of ether oxygens (including phenoxy) is 1. The van der Waals surface area contributed by atoms with Crippen LogP contribution in [0.3, 0.4) is 0 Å². The molecule has 3 amide bonds. The van der Waals surface area contributed by atoms with E-state index in [4.69, 9.17) is 4.74 Å². The summed E-state index contributed by atoms with van der Waals surface area (Å²) in [6.07, 6.45) is 1.93. The van der Waals surface area contributed by atoms with Crippen molar-refractivity contribution >= 4 is 29.4 Å². The predicted octanol–water partition coefficient (Wildman–Crippen LogP) is 4.32. The van der Waals surface area contributed by atoms with Crippen molar-refractivity contribution in [2.45, 2.75) is 44.5 Å². The molecule has 0 radical (unpaired) electrons. The van der Waals surface area contributed by atoms with E-state index < -0.39 is 11.9 Å². The number of amides is 3. The van der Waals surface area contributed by atoms with Crippen LogP contribution in [-0.4, -0.2) is 45.2 Å². The van der Waals surface area contributed by atoms with Gasteiger partial charge >= 0.3 is 6.03 Å². The number of thioether (sulfide) groups is 1. The second-order valence-electron chi connectivity index (χ2n) is 8.15. The van der Waals surface area contributed by atoms with Gasteiger partial charge in [-0.3, -0.25) is 14.7 Å². The molecule has 10 heteroatoms. The van der Waals surface area contributed by atoms with E-state index >= 15 is 0 Å². The lowest BCUT2D eigenvalue weighted by atomic mass is 10.1. The molecular weight excluding hydrogens is 457 g/mol. The summed E-state index contributed by atoms with van der Waals surface area (Å²) in [7, 11) is 0. The molecule has 8 nitrogen and oxygen atoms in total. The Hall–Kier alpha value is -3.24. The highest BCUT2D eigenvalue weighted by atomic mass is 32.2. The van der Waals surface area contributed by atoms with E-state index in [2.05, 4.69) is 20.8 Å². The quantitative estimate of drug-likeness (QED) is 0.486. The van der Waals surface area contributed by atoms with Gasteiger partial charge in [-0.25, -0.2) is 9.18 Å². The fourth-order valence-corrected chi connectivity index (χ4v) is 4.39. The Morgan fingerprint density at radius 2 is 1.94 bits per heavy atom. The first-order chi connectivity index (χ1) is 16.4. The van der Waals surface area contributed by atoms with Gasteiger partial charge in [0.15, 0.2) is 11.0 Å². The monoisotopic (exact) mass is 483 g/mol. The number of carbonyl (C=O) groups excluding carboxylic acids is 2. The molecule has 0 saturated carbocycles. The maximum absolute atomic E-state index is 13.4. The number of halogens is 1. The molecule has 0 bridgehead atoms. The number of rotatable bonds is 7. The van der Waals surface area contributed by atoms with Crippen molar-refractivity contribution in [3.63, 3.8) is 0 Å². The number of imide groups is 1. The molecule has 34 heavy (non-hydrogen) atoms. The Kier molecular flexibility index (Phi) is 7.59. The number of anilines is 1. The summed E-state index contributed by atoms with van der Waals surface area (Å²) >= 11 is 1.18. The third-order valence-electron chi connectivity index (χ3n) is 5.58. The summed E-state index contributed by atoms with van der Waals surface area (Å²) in [5.74, 6) is -0.237. The lowest BCUT2D eigenvalue weighted by Crippen LogP contribution is -2.35. The number of hydrogen-bond acceptors (Lipinski definition) is 6. The van der Waals surface area contributed by atoms with Gasteiger partial charge in [-0.2, -0.15) is 0 Å². The molecule has 1 aliphatic heterocycles. The molecule has 1 unspecified atom stereocenters. The minimum atomic E-state index is -0.596. The van der Waals surface area contributed by atoms with Gasteiger partial charge in [0.05, 0.1) is 18.4 Å². The van der Waals surface area contributed by atoms with Gasteiger partial charge in [-0.05, 0) is 74.2 Å². The van der Waals surface area contributed by atoms with Gasteiger partial charge < -0.3 is 10.1 Å². The van der Waals surface area contributed by atoms with Crippen LogP contribution in [0.4, 0.5) is 14.9 Å². The topological polar surface area (TPSA) is 98.1 Å². The highest BCUT2D eigenvalue weighted by Crippen LogP contribution is 2.26. The Balaban J connectivity index is 1.41. The van der Waals surface area contributed by atoms with Crippen molar-refractivity contribution in [3.8, 4) is 11.4 Å². The second kappa shape index (κ2) is 10.8. The zero-order valence-electron chi connectivity index (χ0n) is 19.0. The van der Waals surface area contributed by atoms with Gasteiger partial charge in [0, 0.05) is 17.9 Å². The maximum Gasteiger partial charge on any atom is 0.325 e. The van der Waals surface area contributed by atoms with Crippen molar-refractivity contribution < 1.29 is 18.7 Å². The summed E-state index contributed by atoms with van der Waals surface area (Å²) in [5, 5.41) is 14.0. The van der Waals surface area contributed by atoms with E-state index in [9.17, 15) is 14.0 Å². The Morgan fingerprint density at radius 1 is 1.15 bits per heavy atom. The molecule has 2 heterocycles. The summed E-state index contributed by atoms with van der Waals surface area (Å²) < 4.78 is 21.0. The van der Waals surface area contributed by atoms with Crippen molar-refractivity contribution in [3.05, 3.63) is 59.4 Å². The molecule has 1 aliphatic rings. The number of carbonyl (C=O) groups is 2. The smallest absolute Gasteiger partial charge is 0.325 e. The lowest BCUT2D eigenvalue weighted by Gasteiger charge is -2.14. The first-order valence-corrected chi connectivity index (χ1v) is 12.0. The average molecular weight is 484 g/mol. The summed E-state index contributed by atoms with van der Waals surface area (Å²) in [4.78, 5) is 24.6. The zero-order valence-corrected chi connectivity index (χ0v) is 19.8. The van der Waals surface area contributed by atoms with Crippen LogP contribution in [0.2, 0.25) is 0 Å². The summed E-state index contributed by atoms with van der Waals surface area (Å²) in [5.41, 5.74) is 3.49.